The van der Waals surface area contributed by atoms with E-state index in [4.69, 9.17) is 21.9 Å². The highest BCUT2D eigenvalue weighted by molar-refractivity contribution is 9.10. The minimum atomic E-state index is -0.555. The number of hydrogen-bond donors (Lipinski definition) is 1. The Kier molecular flexibility index (Phi) is 4.28. The van der Waals surface area contributed by atoms with Crippen molar-refractivity contribution in [3.8, 4) is 11.5 Å². The minimum Gasteiger partial charge on any atom is -0.334 e. The molecule has 2 N–H and O–H groups in total. The van der Waals surface area contributed by atoms with Crippen LogP contribution >= 0.6 is 27.5 Å². The lowest BCUT2D eigenvalue weighted by Gasteiger charge is -2.21. The highest BCUT2D eigenvalue weighted by Gasteiger charge is 2.29. The standard InChI is InChI=1S/C13H15BrClN3O/c1-3-13(16,4-2)12-17-11(19-18-12)9-7-8(14)5-6-10(9)15/h5-7H,3-4,16H2,1-2H3. The van der Waals surface area contributed by atoms with Crippen molar-refractivity contribution in [2.24, 2.45) is 5.73 Å². The molecule has 0 bridgehead atoms. The summed E-state index contributed by atoms with van der Waals surface area (Å²) < 4.78 is 6.19. The van der Waals surface area contributed by atoms with Gasteiger partial charge < -0.3 is 10.3 Å². The van der Waals surface area contributed by atoms with Crippen molar-refractivity contribution in [1.82, 2.24) is 10.1 Å². The van der Waals surface area contributed by atoms with Gasteiger partial charge in [0.1, 0.15) is 0 Å². The van der Waals surface area contributed by atoms with Gasteiger partial charge in [0.05, 0.1) is 16.1 Å². The maximum Gasteiger partial charge on any atom is 0.259 e. The Morgan fingerprint density at radius 2 is 2.05 bits per heavy atom. The zero-order valence-corrected chi connectivity index (χ0v) is 13.1. The van der Waals surface area contributed by atoms with Gasteiger partial charge in [-0.15, -0.1) is 0 Å². The van der Waals surface area contributed by atoms with Gasteiger partial charge in [0.15, 0.2) is 5.82 Å². The van der Waals surface area contributed by atoms with E-state index < -0.39 is 5.54 Å². The second-order valence-corrected chi connectivity index (χ2v) is 5.73. The Balaban J connectivity index is 2.44. The molecule has 0 radical (unpaired) electrons. The maximum atomic E-state index is 6.25. The molecule has 0 unspecified atom stereocenters. The molecule has 1 heterocycles. The van der Waals surface area contributed by atoms with E-state index in [0.717, 1.165) is 17.3 Å². The van der Waals surface area contributed by atoms with Crippen molar-refractivity contribution in [1.29, 1.82) is 0 Å². The van der Waals surface area contributed by atoms with Crippen LogP contribution in [0.5, 0.6) is 0 Å². The van der Waals surface area contributed by atoms with Crippen molar-refractivity contribution in [2.75, 3.05) is 0 Å². The predicted molar refractivity (Wildman–Crippen MR) is 78.9 cm³/mol. The average molecular weight is 345 g/mol. The number of hydrogen-bond acceptors (Lipinski definition) is 4. The molecule has 102 valence electrons. The van der Waals surface area contributed by atoms with Gasteiger partial charge in [0, 0.05) is 4.47 Å². The van der Waals surface area contributed by atoms with Crippen LogP contribution in [0.15, 0.2) is 27.2 Å². The van der Waals surface area contributed by atoms with Crippen LogP contribution < -0.4 is 5.73 Å². The fraction of sp³-hybridized carbons (Fsp3) is 0.385. The molecule has 0 aliphatic carbocycles. The summed E-state index contributed by atoms with van der Waals surface area (Å²) in [4.78, 5) is 4.39. The fourth-order valence-corrected chi connectivity index (χ4v) is 2.32. The van der Waals surface area contributed by atoms with Crippen molar-refractivity contribution >= 4 is 27.5 Å². The van der Waals surface area contributed by atoms with Crippen LogP contribution in [0, 0.1) is 0 Å². The van der Waals surface area contributed by atoms with E-state index >= 15 is 0 Å². The lowest BCUT2D eigenvalue weighted by atomic mass is 9.93. The minimum absolute atomic E-state index is 0.387. The monoisotopic (exact) mass is 343 g/mol. The Hall–Kier alpha value is -0.910. The van der Waals surface area contributed by atoms with Gasteiger partial charge in [0.2, 0.25) is 0 Å². The van der Waals surface area contributed by atoms with Crippen LogP contribution in [0.3, 0.4) is 0 Å². The SMILES string of the molecule is CCC(N)(CC)c1noc(-c2cc(Br)ccc2Cl)n1. The van der Waals surface area contributed by atoms with Gasteiger partial charge in [0.25, 0.3) is 5.89 Å². The van der Waals surface area contributed by atoms with E-state index in [-0.39, 0.29) is 0 Å². The Morgan fingerprint density at radius 1 is 1.37 bits per heavy atom. The summed E-state index contributed by atoms with van der Waals surface area (Å²) in [6.45, 7) is 4.01. The largest absolute Gasteiger partial charge is 0.334 e. The van der Waals surface area contributed by atoms with Crippen molar-refractivity contribution in [2.45, 2.75) is 32.2 Å². The van der Waals surface area contributed by atoms with Crippen molar-refractivity contribution in [3.05, 3.63) is 33.5 Å². The van der Waals surface area contributed by atoms with E-state index in [0.29, 0.717) is 22.3 Å². The van der Waals surface area contributed by atoms with Gasteiger partial charge in [-0.2, -0.15) is 4.98 Å². The molecule has 19 heavy (non-hydrogen) atoms. The third kappa shape index (κ3) is 2.83. The first-order valence-electron chi connectivity index (χ1n) is 6.08. The Bertz CT molecular complexity index is 581. The maximum absolute atomic E-state index is 6.25. The lowest BCUT2D eigenvalue weighted by Crippen LogP contribution is -2.36. The molecule has 0 saturated heterocycles. The molecule has 0 fully saturated rings. The first-order chi connectivity index (χ1) is 9.00. The molecule has 0 amide bonds. The number of halogens is 2. The number of nitrogens with two attached hydrogens (primary N) is 1. The third-order valence-corrected chi connectivity index (χ3v) is 4.11. The van der Waals surface area contributed by atoms with Gasteiger partial charge in [-0.3, -0.25) is 0 Å². The van der Waals surface area contributed by atoms with Crippen LogP contribution in [-0.2, 0) is 5.54 Å². The number of nitrogens with zero attached hydrogens (tertiary/aromatic N) is 2. The normalized spacial score (nSPS) is 11.8. The Morgan fingerprint density at radius 3 is 2.68 bits per heavy atom. The molecule has 2 aromatic rings. The number of aromatic nitrogens is 2. The van der Waals surface area contributed by atoms with Crippen LogP contribution in [-0.4, -0.2) is 10.1 Å². The second kappa shape index (κ2) is 5.61. The summed E-state index contributed by atoms with van der Waals surface area (Å²) in [5, 5.41) is 4.56. The molecule has 0 aliphatic rings. The van der Waals surface area contributed by atoms with E-state index in [1.165, 1.54) is 0 Å². The molecule has 0 saturated carbocycles. The molecule has 0 aliphatic heterocycles. The predicted octanol–water partition coefficient (Wildman–Crippen LogP) is 4.13. The van der Waals surface area contributed by atoms with Crippen molar-refractivity contribution in [3.63, 3.8) is 0 Å². The van der Waals surface area contributed by atoms with Gasteiger partial charge in [-0.05, 0) is 31.0 Å². The van der Waals surface area contributed by atoms with Gasteiger partial charge >= 0.3 is 0 Å². The van der Waals surface area contributed by atoms with Crippen LogP contribution in [0.1, 0.15) is 32.5 Å². The smallest absolute Gasteiger partial charge is 0.259 e. The zero-order valence-electron chi connectivity index (χ0n) is 10.8. The van der Waals surface area contributed by atoms with Gasteiger partial charge in [-0.25, -0.2) is 0 Å². The molecular weight excluding hydrogens is 330 g/mol. The second-order valence-electron chi connectivity index (χ2n) is 4.41. The van der Waals surface area contributed by atoms with E-state index in [1.54, 1.807) is 6.07 Å². The highest BCUT2D eigenvalue weighted by atomic mass is 79.9. The molecule has 0 atom stereocenters. The van der Waals surface area contributed by atoms with E-state index in [1.807, 2.05) is 26.0 Å². The van der Waals surface area contributed by atoms with Crippen LogP contribution in [0.4, 0.5) is 0 Å². The molecule has 6 heteroatoms. The number of rotatable bonds is 4. The number of benzene rings is 1. The summed E-state index contributed by atoms with van der Waals surface area (Å²) in [6.07, 6.45) is 1.49. The third-order valence-electron chi connectivity index (χ3n) is 3.29. The first-order valence-corrected chi connectivity index (χ1v) is 7.25. The topological polar surface area (TPSA) is 64.9 Å². The van der Waals surface area contributed by atoms with Crippen LogP contribution in [0.25, 0.3) is 11.5 Å². The van der Waals surface area contributed by atoms with E-state index in [2.05, 4.69) is 26.1 Å². The first kappa shape index (κ1) is 14.5. The summed E-state index contributed by atoms with van der Waals surface area (Å²) in [7, 11) is 0. The fourth-order valence-electron chi connectivity index (χ4n) is 1.76. The van der Waals surface area contributed by atoms with Gasteiger partial charge in [-0.1, -0.05) is 46.5 Å². The average Bonchev–Trinajstić information content (AvgIpc) is 2.90. The van der Waals surface area contributed by atoms with E-state index in [9.17, 15) is 0 Å². The summed E-state index contributed by atoms with van der Waals surface area (Å²) in [5.41, 5.74) is 6.39. The molecule has 0 spiro atoms. The summed E-state index contributed by atoms with van der Waals surface area (Å²) in [5.74, 6) is 0.904. The summed E-state index contributed by atoms with van der Waals surface area (Å²) >= 11 is 9.54. The molecule has 1 aromatic carbocycles. The van der Waals surface area contributed by atoms with Crippen molar-refractivity contribution < 1.29 is 4.52 Å². The molecule has 1 aromatic heterocycles. The highest BCUT2D eigenvalue weighted by Crippen LogP contribution is 2.31. The molecule has 2 rings (SSSR count). The molecular formula is C13H15BrClN3O. The quantitative estimate of drug-likeness (QED) is 0.906. The molecule has 4 nitrogen and oxygen atoms in total. The summed E-state index contributed by atoms with van der Waals surface area (Å²) in [6, 6.07) is 5.48. The lowest BCUT2D eigenvalue weighted by molar-refractivity contribution is 0.350. The zero-order chi connectivity index (χ0) is 14.0. The Labute approximate surface area is 125 Å². The van der Waals surface area contributed by atoms with Crippen LogP contribution in [0.2, 0.25) is 5.02 Å².